The SMILES string of the molecule is CNC(=O)[C@H](C)N(Cc1ccc(Cl)cc1)C(=O)CN(c1cccc(Cl)c1C)S(=O)(=O)c1ccccc1. The van der Waals surface area contributed by atoms with Crippen LogP contribution in [0.1, 0.15) is 18.1 Å². The van der Waals surface area contributed by atoms with Crippen LogP contribution in [0.25, 0.3) is 0 Å². The fourth-order valence-electron chi connectivity index (χ4n) is 3.68. The van der Waals surface area contributed by atoms with Crippen molar-refractivity contribution in [3.05, 3.63) is 94.0 Å². The number of sulfonamides is 1. The highest BCUT2D eigenvalue weighted by Crippen LogP contribution is 2.31. The molecule has 0 saturated carbocycles. The highest BCUT2D eigenvalue weighted by atomic mass is 35.5. The second-order valence-corrected chi connectivity index (χ2v) is 10.9. The van der Waals surface area contributed by atoms with Gasteiger partial charge < -0.3 is 10.2 Å². The highest BCUT2D eigenvalue weighted by molar-refractivity contribution is 7.92. The Morgan fingerprint density at radius 2 is 1.58 bits per heavy atom. The third kappa shape index (κ3) is 6.19. The van der Waals surface area contributed by atoms with Crippen molar-refractivity contribution < 1.29 is 18.0 Å². The lowest BCUT2D eigenvalue weighted by Gasteiger charge is -2.32. The first-order valence-electron chi connectivity index (χ1n) is 11.1. The molecule has 2 amide bonds. The molecule has 0 aromatic heterocycles. The lowest BCUT2D eigenvalue weighted by molar-refractivity contribution is -0.139. The monoisotopic (exact) mass is 547 g/mol. The minimum Gasteiger partial charge on any atom is -0.357 e. The van der Waals surface area contributed by atoms with Crippen molar-refractivity contribution in [2.75, 3.05) is 17.9 Å². The number of hydrogen-bond donors (Lipinski definition) is 1. The molecule has 7 nitrogen and oxygen atoms in total. The Kier molecular flexibility index (Phi) is 9.00. The van der Waals surface area contributed by atoms with Crippen LogP contribution in [0.3, 0.4) is 0 Å². The predicted octanol–water partition coefficient (Wildman–Crippen LogP) is 4.66. The van der Waals surface area contributed by atoms with Crippen molar-refractivity contribution in [3.63, 3.8) is 0 Å². The van der Waals surface area contributed by atoms with E-state index in [2.05, 4.69) is 5.32 Å². The van der Waals surface area contributed by atoms with E-state index in [0.717, 1.165) is 9.87 Å². The van der Waals surface area contributed by atoms with Crippen molar-refractivity contribution >= 4 is 50.7 Å². The third-order valence-electron chi connectivity index (χ3n) is 5.80. The third-order valence-corrected chi connectivity index (χ3v) is 8.23. The van der Waals surface area contributed by atoms with E-state index in [9.17, 15) is 18.0 Å². The van der Waals surface area contributed by atoms with Gasteiger partial charge in [0.15, 0.2) is 0 Å². The van der Waals surface area contributed by atoms with Gasteiger partial charge in [-0.2, -0.15) is 0 Å². The van der Waals surface area contributed by atoms with Crippen LogP contribution < -0.4 is 9.62 Å². The number of likely N-dealkylation sites (N-methyl/N-ethyl adjacent to an activating group) is 1. The number of nitrogens with one attached hydrogen (secondary N) is 1. The molecule has 0 aliphatic carbocycles. The zero-order chi connectivity index (χ0) is 26.5. The molecule has 0 spiro atoms. The number of nitrogens with zero attached hydrogens (tertiary/aromatic N) is 2. The molecule has 1 atom stereocenters. The first-order valence-corrected chi connectivity index (χ1v) is 13.3. The molecule has 0 bridgehead atoms. The Labute approximate surface area is 221 Å². The molecule has 190 valence electrons. The maximum absolute atomic E-state index is 13.7. The number of benzene rings is 3. The molecule has 10 heteroatoms. The summed E-state index contributed by atoms with van der Waals surface area (Å²) in [5, 5.41) is 3.45. The van der Waals surface area contributed by atoms with Crippen molar-refractivity contribution in [3.8, 4) is 0 Å². The molecule has 3 aromatic carbocycles. The minimum atomic E-state index is -4.14. The van der Waals surface area contributed by atoms with Gasteiger partial charge in [0.1, 0.15) is 12.6 Å². The lowest BCUT2D eigenvalue weighted by Crippen LogP contribution is -2.50. The summed E-state index contributed by atoms with van der Waals surface area (Å²) in [6.45, 7) is 2.83. The molecule has 1 N–H and O–H groups in total. The molecule has 0 saturated heterocycles. The molecule has 0 aliphatic heterocycles. The van der Waals surface area contributed by atoms with Gasteiger partial charge in [0.05, 0.1) is 10.6 Å². The molecular weight excluding hydrogens is 521 g/mol. The number of rotatable bonds is 9. The molecule has 36 heavy (non-hydrogen) atoms. The lowest BCUT2D eigenvalue weighted by atomic mass is 10.1. The van der Waals surface area contributed by atoms with E-state index in [0.29, 0.717) is 15.6 Å². The molecule has 0 radical (unpaired) electrons. The van der Waals surface area contributed by atoms with Crippen LogP contribution in [-0.4, -0.2) is 44.8 Å². The number of hydrogen-bond acceptors (Lipinski definition) is 4. The Morgan fingerprint density at radius 1 is 0.944 bits per heavy atom. The van der Waals surface area contributed by atoms with Gasteiger partial charge >= 0.3 is 0 Å². The Balaban J connectivity index is 2.06. The van der Waals surface area contributed by atoms with Crippen molar-refractivity contribution in [2.45, 2.75) is 31.3 Å². The van der Waals surface area contributed by atoms with E-state index < -0.39 is 28.5 Å². The smallest absolute Gasteiger partial charge is 0.264 e. The number of amides is 2. The zero-order valence-corrected chi connectivity index (χ0v) is 22.4. The number of carbonyl (C=O) groups is 2. The maximum Gasteiger partial charge on any atom is 0.264 e. The molecule has 3 aromatic rings. The van der Waals surface area contributed by atoms with E-state index in [1.54, 1.807) is 74.5 Å². The number of halogens is 2. The fourth-order valence-corrected chi connectivity index (χ4v) is 5.47. The molecule has 3 rings (SSSR count). The molecule has 0 heterocycles. The van der Waals surface area contributed by atoms with E-state index in [1.165, 1.54) is 24.1 Å². The van der Waals surface area contributed by atoms with Gasteiger partial charge in [0.2, 0.25) is 11.8 Å². The van der Waals surface area contributed by atoms with Crippen LogP contribution in [0, 0.1) is 6.92 Å². The summed E-state index contributed by atoms with van der Waals surface area (Å²) in [5.74, 6) is -0.936. The van der Waals surface area contributed by atoms with Gasteiger partial charge in [-0.15, -0.1) is 0 Å². The Bertz CT molecular complexity index is 1330. The zero-order valence-electron chi connectivity index (χ0n) is 20.1. The molecular formula is C26H27Cl2N3O4S. The van der Waals surface area contributed by atoms with Gasteiger partial charge in [-0.25, -0.2) is 8.42 Å². The second kappa shape index (κ2) is 11.8. The van der Waals surface area contributed by atoms with E-state index in [4.69, 9.17) is 23.2 Å². The quantitative estimate of drug-likeness (QED) is 0.422. The molecule has 0 unspecified atom stereocenters. The Hall–Kier alpha value is -3.07. The first-order chi connectivity index (χ1) is 17.1. The van der Waals surface area contributed by atoms with Crippen LogP contribution in [0.15, 0.2) is 77.7 Å². The summed E-state index contributed by atoms with van der Waals surface area (Å²) >= 11 is 12.3. The normalized spacial score (nSPS) is 12.0. The number of anilines is 1. The van der Waals surface area contributed by atoms with Crippen LogP contribution in [0.4, 0.5) is 5.69 Å². The van der Waals surface area contributed by atoms with Gasteiger partial charge in [-0.1, -0.05) is 59.6 Å². The van der Waals surface area contributed by atoms with Crippen LogP contribution in [0.5, 0.6) is 0 Å². The minimum absolute atomic E-state index is 0.0285. The standard InChI is InChI=1S/C26H27Cl2N3O4S/c1-18-23(28)10-7-11-24(18)31(36(34,35)22-8-5-4-6-9-22)17-25(32)30(19(2)26(33)29-3)16-20-12-14-21(27)15-13-20/h4-15,19H,16-17H2,1-3H3,(H,29,33)/t19-/m0/s1. The maximum atomic E-state index is 13.7. The topological polar surface area (TPSA) is 86.8 Å². The van der Waals surface area contributed by atoms with Crippen LogP contribution in [-0.2, 0) is 26.2 Å². The van der Waals surface area contributed by atoms with Gasteiger partial charge in [0, 0.05) is 23.6 Å². The van der Waals surface area contributed by atoms with E-state index >= 15 is 0 Å². The average Bonchev–Trinajstić information content (AvgIpc) is 2.88. The highest BCUT2D eigenvalue weighted by Gasteiger charge is 2.33. The average molecular weight is 548 g/mol. The summed E-state index contributed by atoms with van der Waals surface area (Å²) in [4.78, 5) is 27.6. The number of carbonyl (C=O) groups excluding carboxylic acids is 2. The summed E-state index contributed by atoms with van der Waals surface area (Å²) in [7, 11) is -2.67. The van der Waals surface area contributed by atoms with Gasteiger partial charge in [0.25, 0.3) is 10.0 Å². The largest absolute Gasteiger partial charge is 0.357 e. The first kappa shape index (κ1) is 27.5. The Morgan fingerprint density at radius 3 is 2.19 bits per heavy atom. The van der Waals surface area contributed by atoms with Crippen molar-refractivity contribution in [1.29, 1.82) is 0 Å². The summed E-state index contributed by atoms with van der Waals surface area (Å²) < 4.78 is 28.5. The predicted molar refractivity (Wildman–Crippen MR) is 143 cm³/mol. The second-order valence-electron chi connectivity index (χ2n) is 8.15. The summed E-state index contributed by atoms with van der Waals surface area (Å²) in [6.07, 6.45) is 0. The van der Waals surface area contributed by atoms with E-state index in [1.807, 2.05) is 0 Å². The molecule has 0 aliphatic rings. The van der Waals surface area contributed by atoms with Crippen LogP contribution >= 0.6 is 23.2 Å². The van der Waals surface area contributed by atoms with Gasteiger partial charge in [-0.05, 0) is 61.4 Å². The van der Waals surface area contributed by atoms with Gasteiger partial charge in [-0.3, -0.25) is 13.9 Å². The van der Waals surface area contributed by atoms with E-state index in [-0.39, 0.29) is 23.0 Å². The van der Waals surface area contributed by atoms with Crippen molar-refractivity contribution in [1.82, 2.24) is 10.2 Å². The summed E-state index contributed by atoms with van der Waals surface area (Å²) in [5.41, 5.74) is 1.52. The molecule has 0 fully saturated rings. The van der Waals surface area contributed by atoms with Crippen molar-refractivity contribution in [2.24, 2.45) is 0 Å². The fraction of sp³-hybridized carbons (Fsp3) is 0.231. The summed E-state index contributed by atoms with van der Waals surface area (Å²) in [6, 6.07) is 18.7. The van der Waals surface area contributed by atoms with Crippen LogP contribution in [0.2, 0.25) is 10.0 Å².